The number of carbonyl (C=O) groups is 1. The van der Waals surface area contributed by atoms with Gasteiger partial charge in [0.05, 0.1) is 12.3 Å². The molecule has 0 aliphatic heterocycles. The van der Waals surface area contributed by atoms with Gasteiger partial charge in [-0.05, 0) is 25.1 Å². The van der Waals surface area contributed by atoms with Gasteiger partial charge < -0.3 is 19.6 Å². The number of benzene rings is 2. The maximum atomic E-state index is 12.2. The maximum Gasteiger partial charge on any atom is 0.344 e. The molecule has 0 saturated carbocycles. The first-order chi connectivity index (χ1) is 10.7. The second-order valence-electron chi connectivity index (χ2n) is 4.66. The van der Waals surface area contributed by atoms with E-state index in [9.17, 15) is 9.90 Å². The van der Waals surface area contributed by atoms with Crippen molar-refractivity contribution in [1.29, 1.82) is 0 Å². The summed E-state index contributed by atoms with van der Waals surface area (Å²) < 4.78 is 10.8. The highest BCUT2D eigenvalue weighted by molar-refractivity contribution is 6.08. The Morgan fingerprint density at radius 1 is 1.18 bits per heavy atom. The summed E-state index contributed by atoms with van der Waals surface area (Å²) in [6.07, 6.45) is 0. The summed E-state index contributed by atoms with van der Waals surface area (Å²) >= 11 is 0. The zero-order valence-corrected chi connectivity index (χ0v) is 12.0. The fourth-order valence-corrected chi connectivity index (χ4v) is 2.24. The number of esters is 1. The first-order valence-corrected chi connectivity index (χ1v) is 6.94. The van der Waals surface area contributed by atoms with Crippen molar-refractivity contribution in [3.63, 3.8) is 0 Å². The summed E-state index contributed by atoms with van der Waals surface area (Å²) in [5.41, 5.74) is 1.34. The highest BCUT2D eigenvalue weighted by atomic mass is 16.5. The van der Waals surface area contributed by atoms with E-state index in [0.717, 1.165) is 0 Å². The van der Waals surface area contributed by atoms with E-state index in [-0.39, 0.29) is 18.2 Å². The number of hydrogen-bond donors (Lipinski definition) is 2. The molecule has 3 aromatic rings. The first-order valence-electron chi connectivity index (χ1n) is 6.94. The normalized spacial score (nSPS) is 10.6. The van der Waals surface area contributed by atoms with Crippen molar-refractivity contribution in [1.82, 2.24) is 0 Å². The molecule has 0 atom stereocenters. The van der Waals surface area contributed by atoms with Gasteiger partial charge in [-0.15, -0.1) is 0 Å². The van der Waals surface area contributed by atoms with E-state index in [1.807, 2.05) is 12.1 Å². The largest absolute Gasteiger partial charge is 0.506 e. The number of fused-ring (bicyclic) bond motifs is 1. The third-order valence-electron chi connectivity index (χ3n) is 3.23. The van der Waals surface area contributed by atoms with Crippen LogP contribution in [0.5, 0.6) is 5.75 Å². The Balaban J connectivity index is 2.10. The predicted octanol–water partition coefficient (Wildman–Crippen LogP) is 4.06. The fourth-order valence-electron chi connectivity index (χ4n) is 2.24. The number of hydrogen-bond acceptors (Lipinski definition) is 5. The summed E-state index contributed by atoms with van der Waals surface area (Å²) in [5.74, 6) is -0.149. The number of carbonyl (C=O) groups excluding carboxylic acids is 1. The number of aromatic hydroxyl groups is 1. The van der Waals surface area contributed by atoms with Crippen LogP contribution in [-0.4, -0.2) is 17.7 Å². The van der Waals surface area contributed by atoms with E-state index in [1.54, 1.807) is 43.3 Å². The van der Waals surface area contributed by atoms with Gasteiger partial charge >= 0.3 is 5.97 Å². The molecule has 0 fully saturated rings. The molecule has 5 nitrogen and oxygen atoms in total. The summed E-state index contributed by atoms with van der Waals surface area (Å²) in [6, 6.07) is 13.9. The van der Waals surface area contributed by atoms with Gasteiger partial charge in [0.15, 0.2) is 0 Å². The molecule has 22 heavy (non-hydrogen) atoms. The molecule has 2 N–H and O–H groups in total. The van der Waals surface area contributed by atoms with Crippen LogP contribution in [0.4, 0.5) is 11.6 Å². The minimum Gasteiger partial charge on any atom is -0.506 e. The number of rotatable bonds is 4. The van der Waals surface area contributed by atoms with Crippen LogP contribution in [-0.2, 0) is 4.74 Å². The predicted molar refractivity (Wildman–Crippen MR) is 83.6 cm³/mol. The minimum atomic E-state index is -0.467. The van der Waals surface area contributed by atoms with E-state index >= 15 is 0 Å². The Kier molecular flexibility index (Phi) is 3.70. The van der Waals surface area contributed by atoms with Gasteiger partial charge in [-0.25, -0.2) is 4.79 Å². The molecule has 2 aromatic carbocycles. The monoisotopic (exact) mass is 297 g/mol. The van der Waals surface area contributed by atoms with Crippen LogP contribution < -0.4 is 5.32 Å². The second-order valence-corrected chi connectivity index (χ2v) is 4.66. The Morgan fingerprint density at radius 2 is 1.91 bits per heavy atom. The lowest BCUT2D eigenvalue weighted by Crippen LogP contribution is -2.06. The first kappa shape index (κ1) is 14.0. The quantitative estimate of drug-likeness (QED) is 0.561. The smallest absolute Gasteiger partial charge is 0.344 e. The number of furan rings is 1. The summed E-state index contributed by atoms with van der Waals surface area (Å²) in [5, 5.41) is 13.5. The van der Waals surface area contributed by atoms with Gasteiger partial charge in [0.1, 0.15) is 16.9 Å². The number of phenols is 1. The summed E-state index contributed by atoms with van der Waals surface area (Å²) in [4.78, 5) is 12.2. The lowest BCUT2D eigenvalue weighted by Gasteiger charge is -2.07. The van der Waals surface area contributed by atoms with Crippen molar-refractivity contribution in [3.05, 3.63) is 54.1 Å². The molecule has 0 bridgehead atoms. The second kappa shape index (κ2) is 5.81. The molecule has 1 aromatic heterocycles. The SMILES string of the molecule is CCOC(=O)c1c(Nc2ccccc2O)oc2ccccc12. The van der Waals surface area contributed by atoms with Crippen LogP contribution in [0, 0.1) is 0 Å². The zero-order valence-electron chi connectivity index (χ0n) is 12.0. The maximum absolute atomic E-state index is 12.2. The summed E-state index contributed by atoms with van der Waals surface area (Å²) in [6.45, 7) is 2.02. The van der Waals surface area contributed by atoms with Crippen LogP contribution in [0.3, 0.4) is 0 Å². The molecule has 0 radical (unpaired) electrons. The fraction of sp³-hybridized carbons (Fsp3) is 0.118. The van der Waals surface area contributed by atoms with E-state index < -0.39 is 5.97 Å². The van der Waals surface area contributed by atoms with Gasteiger partial charge in [-0.1, -0.05) is 30.3 Å². The molecule has 5 heteroatoms. The highest BCUT2D eigenvalue weighted by Crippen LogP contribution is 2.34. The standard InChI is InChI=1S/C17H15NO4/c1-2-21-17(20)15-11-7-3-6-10-14(11)22-16(15)18-12-8-4-5-9-13(12)19/h3-10,18-19H,2H2,1H3. The summed E-state index contributed by atoms with van der Waals surface area (Å²) in [7, 11) is 0. The number of nitrogens with one attached hydrogen (secondary N) is 1. The molecular formula is C17H15NO4. The third-order valence-corrected chi connectivity index (χ3v) is 3.23. The van der Waals surface area contributed by atoms with Crippen LogP contribution in [0.25, 0.3) is 11.0 Å². The molecule has 0 amide bonds. The lowest BCUT2D eigenvalue weighted by molar-refractivity contribution is 0.0529. The molecule has 0 unspecified atom stereocenters. The molecule has 0 spiro atoms. The van der Waals surface area contributed by atoms with Crippen LogP contribution in [0.2, 0.25) is 0 Å². The molecule has 3 rings (SSSR count). The van der Waals surface area contributed by atoms with Gasteiger partial charge in [-0.2, -0.15) is 0 Å². The molecule has 1 heterocycles. The van der Waals surface area contributed by atoms with Crippen LogP contribution >= 0.6 is 0 Å². The van der Waals surface area contributed by atoms with E-state index in [0.29, 0.717) is 22.2 Å². The Morgan fingerprint density at radius 3 is 2.68 bits per heavy atom. The van der Waals surface area contributed by atoms with E-state index in [2.05, 4.69) is 5.32 Å². The van der Waals surface area contributed by atoms with Gasteiger partial charge in [-0.3, -0.25) is 0 Å². The highest BCUT2D eigenvalue weighted by Gasteiger charge is 2.22. The van der Waals surface area contributed by atoms with E-state index in [4.69, 9.17) is 9.15 Å². The van der Waals surface area contributed by atoms with Crippen molar-refractivity contribution >= 4 is 28.5 Å². The van der Waals surface area contributed by atoms with Crippen molar-refractivity contribution in [2.24, 2.45) is 0 Å². The number of ether oxygens (including phenoxy) is 1. The van der Waals surface area contributed by atoms with Crippen molar-refractivity contribution in [2.75, 3.05) is 11.9 Å². The van der Waals surface area contributed by atoms with Gasteiger partial charge in [0.2, 0.25) is 5.88 Å². The Bertz CT molecular complexity index is 822. The Labute approximate surface area is 127 Å². The van der Waals surface area contributed by atoms with Crippen molar-refractivity contribution in [3.8, 4) is 5.75 Å². The zero-order chi connectivity index (χ0) is 15.5. The molecule has 0 aliphatic rings. The molecule has 0 saturated heterocycles. The third kappa shape index (κ3) is 2.48. The molecular weight excluding hydrogens is 282 g/mol. The number of phenolic OH excluding ortho intramolecular Hbond substituents is 1. The molecule has 0 aliphatic carbocycles. The average Bonchev–Trinajstić information content (AvgIpc) is 2.88. The topological polar surface area (TPSA) is 71.7 Å². The lowest BCUT2D eigenvalue weighted by atomic mass is 10.1. The van der Waals surface area contributed by atoms with Crippen LogP contribution in [0.15, 0.2) is 52.9 Å². The van der Waals surface area contributed by atoms with Crippen LogP contribution in [0.1, 0.15) is 17.3 Å². The molecule has 112 valence electrons. The number of para-hydroxylation sites is 3. The number of anilines is 2. The van der Waals surface area contributed by atoms with Gasteiger partial charge in [0.25, 0.3) is 0 Å². The average molecular weight is 297 g/mol. The Hall–Kier alpha value is -2.95. The van der Waals surface area contributed by atoms with Gasteiger partial charge in [0, 0.05) is 5.39 Å². The van der Waals surface area contributed by atoms with Crippen molar-refractivity contribution < 1.29 is 19.1 Å². The van der Waals surface area contributed by atoms with Crippen molar-refractivity contribution in [2.45, 2.75) is 6.92 Å². The van der Waals surface area contributed by atoms with E-state index in [1.165, 1.54) is 0 Å². The minimum absolute atomic E-state index is 0.0674.